The fraction of sp³-hybridized carbons (Fsp3) is 0.455. The Bertz CT molecular complexity index is 541. The van der Waals surface area contributed by atoms with Crippen molar-refractivity contribution < 1.29 is 27.4 Å². The molecule has 0 aliphatic rings. The highest BCUT2D eigenvalue weighted by Gasteiger charge is 2.33. The van der Waals surface area contributed by atoms with E-state index in [0.717, 1.165) is 0 Å². The summed E-state index contributed by atoms with van der Waals surface area (Å²) in [5, 5.41) is 0.129. The van der Waals surface area contributed by atoms with Crippen molar-refractivity contribution in [2.75, 3.05) is 6.61 Å². The summed E-state index contributed by atoms with van der Waals surface area (Å²) in [6, 6.07) is 1.17. The number of carbonyl (C=O) groups excluding carboxylic acids is 1. The van der Waals surface area contributed by atoms with Crippen LogP contribution in [0, 0.1) is 0 Å². The van der Waals surface area contributed by atoms with E-state index < -0.39 is 30.2 Å². The number of hydrogen-bond acceptors (Lipinski definition) is 4. The lowest BCUT2D eigenvalue weighted by molar-refractivity contribution is -0.276. The molecule has 1 N–H and O–H groups in total. The number of hydrogen-bond donors (Lipinski definition) is 1. The molecule has 0 aromatic carbocycles. The lowest BCUT2D eigenvalue weighted by atomic mass is 10.1. The van der Waals surface area contributed by atoms with Crippen LogP contribution < -0.4 is 10.3 Å². The molecule has 0 aliphatic carbocycles. The van der Waals surface area contributed by atoms with E-state index in [0.29, 0.717) is 0 Å². The average molecular weight is 358 g/mol. The molecular weight excluding hydrogens is 347 g/mol. The van der Waals surface area contributed by atoms with Crippen LogP contribution in [0.15, 0.2) is 10.9 Å². The van der Waals surface area contributed by atoms with Gasteiger partial charge in [0.25, 0.3) is 5.56 Å². The summed E-state index contributed by atoms with van der Waals surface area (Å²) in [6.45, 7) is 1.67. The highest BCUT2D eigenvalue weighted by molar-refractivity contribution is 9.08. The molecule has 1 aromatic rings. The van der Waals surface area contributed by atoms with Gasteiger partial charge in [0.15, 0.2) is 0 Å². The second kappa shape index (κ2) is 6.78. The summed E-state index contributed by atoms with van der Waals surface area (Å²) < 4.78 is 45.1. The maximum atomic E-state index is 12.3. The van der Waals surface area contributed by atoms with Crippen LogP contribution >= 0.6 is 15.9 Å². The van der Waals surface area contributed by atoms with E-state index in [4.69, 9.17) is 0 Å². The Kier molecular flexibility index (Phi) is 5.61. The fourth-order valence-electron chi connectivity index (χ4n) is 1.41. The van der Waals surface area contributed by atoms with Crippen LogP contribution in [-0.4, -0.2) is 23.9 Å². The predicted molar refractivity (Wildman–Crippen MR) is 66.7 cm³/mol. The number of ether oxygens (including phenoxy) is 2. The molecule has 0 radical (unpaired) electrons. The van der Waals surface area contributed by atoms with E-state index >= 15 is 0 Å². The molecule has 0 amide bonds. The largest absolute Gasteiger partial charge is 0.574 e. The van der Waals surface area contributed by atoms with E-state index in [9.17, 15) is 22.8 Å². The van der Waals surface area contributed by atoms with E-state index in [-0.39, 0.29) is 23.1 Å². The quantitative estimate of drug-likeness (QED) is 0.648. The number of esters is 1. The van der Waals surface area contributed by atoms with Crippen molar-refractivity contribution in [2.24, 2.45) is 0 Å². The third-order valence-electron chi connectivity index (χ3n) is 2.16. The number of H-pyrrole nitrogens is 1. The molecule has 0 atom stereocenters. The molecule has 112 valence electrons. The molecule has 1 heterocycles. The molecule has 0 bridgehead atoms. The number of aromatic nitrogens is 1. The first kappa shape index (κ1) is 16.5. The van der Waals surface area contributed by atoms with E-state index in [1.165, 1.54) is 6.07 Å². The zero-order valence-corrected chi connectivity index (χ0v) is 11.9. The van der Waals surface area contributed by atoms with Crippen LogP contribution in [0.3, 0.4) is 0 Å². The molecule has 0 aliphatic heterocycles. The Morgan fingerprint density at radius 1 is 1.40 bits per heavy atom. The van der Waals surface area contributed by atoms with Gasteiger partial charge in [0, 0.05) is 16.5 Å². The van der Waals surface area contributed by atoms with Crippen LogP contribution in [0.1, 0.15) is 18.1 Å². The molecule has 0 saturated heterocycles. The van der Waals surface area contributed by atoms with Crippen LogP contribution in [-0.2, 0) is 21.3 Å². The zero-order valence-electron chi connectivity index (χ0n) is 10.3. The molecule has 5 nitrogen and oxygen atoms in total. The lowest BCUT2D eigenvalue weighted by Gasteiger charge is -2.13. The monoisotopic (exact) mass is 357 g/mol. The fourth-order valence-corrected chi connectivity index (χ4v) is 1.83. The van der Waals surface area contributed by atoms with Crippen molar-refractivity contribution in [2.45, 2.75) is 25.0 Å². The van der Waals surface area contributed by atoms with Gasteiger partial charge in [-0.05, 0) is 13.0 Å². The number of aromatic amines is 1. The summed E-state index contributed by atoms with van der Waals surface area (Å²) in [7, 11) is 0. The van der Waals surface area contributed by atoms with Gasteiger partial charge in [0.2, 0.25) is 5.88 Å². The molecule has 9 heteroatoms. The average Bonchev–Trinajstić information content (AvgIpc) is 2.30. The van der Waals surface area contributed by atoms with Gasteiger partial charge in [-0.15, -0.1) is 13.2 Å². The van der Waals surface area contributed by atoms with Crippen LogP contribution in [0.2, 0.25) is 0 Å². The molecule has 1 rings (SSSR count). The van der Waals surface area contributed by atoms with E-state index in [1.54, 1.807) is 6.92 Å². The van der Waals surface area contributed by atoms with Gasteiger partial charge in [-0.25, -0.2) is 0 Å². The first-order valence-corrected chi connectivity index (χ1v) is 6.61. The van der Waals surface area contributed by atoms with Crippen molar-refractivity contribution in [3.05, 3.63) is 27.5 Å². The number of alkyl halides is 4. The van der Waals surface area contributed by atoms with Gasteiger partial charge in [-0.2, -0.15) is 0 Å². The van der Waals surface area contributed by atoms with Crippen molar-refractivity contribution in [1.82, 2.24) is 4.98 Å². The van der Waals surface area contributed by atoms with Crippen LogP contribution in [0.5, 0.6) is 5.88 Å². The highest BCUT2D eigenvalue weighted by atomic mass is 79.9. The van der Waals surface area contributed by atoms with Gasteiger partial charge < -0.3 is 9.47 Å². The summed E-state index contributed by atoms with van der Waals surface area (Å²) >= 11 is 3.03. The molecule has 0 fully saturated rings. The normalized spacial score (nSPS) is 11.2. The highest BCUT2D eigenvalue weighted by Crippen LogP contribution is 2.24. The summed E-state index contributed by atoms with van der Waals surface area (Å²) in [4.78, 5) is 24.8. The SMILES string of the molecule is CCOC(=O)Cc1cc(CBr)c(=O)[nH]c1OC(F)(F)F. The number of halogens is 4. The summed E-state index contributed by atoms with van der Waals surface area (Å²) in [5.41, 5.74) is -0.651. The number of rotatable bonds is 5. The van der Waals surface area contributed by atoms with Crippen molar-refractivity contribution >= 4 is 21.9 Å². The van der Waals surface area contributed by atoms with Crippen LogP contribution in [0.25, 0.3) is 0 Å². The first-order chi connectivity index (χ1) is 9.26. The second-order valence-electron chi connectivity index (χ2n) is 3.64. The van der Waals surface area contributed by atoms with E-state index in [1.807, 2.05) is 4.98 Å². The predicted octanol–water partition coefficient (Wildman–Crippen LogP) is 2.27. The second-order valence-corrected chi connectivity index (χ2v) is 4.20. The molecule has 1 aromatic heterocycles. The topological polar surface area (TPSA) is 68.4 Å². The van der Waals surface area contributed by atoms with Gasteiger partial charge in [0.1, 0.15) is 0 Å². The minimum atomic E-state index is -4.97. The lowest BCUT2D eigenvalue weighted by Crippen LogP contribution is -2.23. The van der Waals surface area contributed by atoms with Gasteiger partial charge in [-0.1, -0.05) is 15.9 Å². The molecule has 0 saturated carbocycles. The minimum absolute atomic E-state index is 0.100. The third kappa shape index (κ3) is 4.87. The first-order valence-electron chi connectivity index (χ1n) is 5.49. The smallest absolute Gasteiger partial charge is 0.466 e. The third-order valence-corrected chi connectivity index (χ3v) is 2.76. The van der Waals surface area contributed by atoms with Gasteiger partial charge in [-0.3, -0.25) is 14.6 Å². The molecule has 20 heavy (non-hydrogen) atoms. The number of nitrogens with one attached hydrogen (secondary N) is 1. The number of carbonyl (C=O) groups is 1. The maximum absolute atomic E-state index is 12.3. The van der Waals surface area contributed by atoms with Crippen LogP contribution in [0.4, 0.5) is 13.2 Å². The molecular formula is C11H11BrF3NO4. The molecule has 0 unspecified atom stereocenters. The van der Waals surface area contributed by atoms with Crippen molar-refractivity contribution in [3.63, 3.8) is 0 Å². The van der Waals surface area contributed by atoms with Crippen molar-refractivity contribution in [3.8, 4) is 5.88 Å². The van der Waals surface area contributed by atoms with E-state index in [2.05, 4.69) is 25.4 Å². The standard InChI is InChI=1S/C11H11BrF3NO4/c1-2-19-8(17)4-6-3-7(5-12)9(18)16-10(6)20-11(13,14)15/h3H,2,4-5H2,1H3,(H,16,18). The van der Waals surface area contributed by atoms with Gasteiger partial charge >= 0.3 is 12.3 Å². The zero-order chi connectivity index (χ0) is 15.3. The van der Waals surface area contributed by atoms with Crippen molar-refractivity contribution in [1.29, 1.82) is 0 Å². The Labute approximate surface area is 120 Å². The molecule has 0 spiro atoms. The number of pyridine rings is 1. The Balaban J connectivity index is 3.16. The summed E-state index contributed by atoms with van der Waals surface area (Å²) in [6.07, 6.45) is -5.40. The Morgan fingerprint density at radius 2 is 2.05 bits per heavy atom. The van der Waals surface area contributed by atoms with Gasteiger partial charge in [0.05, 0.1) is 13.0 Å². The Hall–Kier alpha value is -1.51. The summed E-state index contributed by atoms with van der Waals surface area (Å²) in [5.74, 6) is -1.52. The Morgan fingerprint density at radius 3 is 2.55 bits per heavy atom. The maximum Gasteiger partial charge on any atom is 0.574 e. The minimum Gasteiger partial charge on any atom is -0.466 e.